The van der Waals surface area contributed by atoms with Crippen molar-refractivity contribution in [1.29, 1.82) is 0 Å². The molecule has 120 valence electrons. The first-order chi connectivity index (χ1) is 12.2. The van der Waals surface area contributed by atoms with Crippen LogP contribution in [0.3, 0.4) is 0 Å². The summed E-state index contributed by atoms with van der Waals surface area (Å²) < 4.78 is 0. The van der Waals surface area contributed by atoms with Crippen LogP contribution < -0.4 is 0 Å². The molecule has 0 unspecified atom stereocenters. The van der Waals surface area contributed by atoms with Gasteiger partial charge in [-0.25, -0.2) is 9.97 Å². The Hall–Kier alpha value is -3.60. The third-order valence-electron chi connectivity index (χ3n) is 3.95. The molecule has 1 heterocycles. The molecule has 0 saturated heterocycles. The maximum Gasteiger partial charge on any atom is 0.271 e. The molecule has 0 aliphatic rings. The minimum absolute atomic E-state index is 0.00766. The van der Waals surface area contributed by atoms with E-state index in [1.165, 1.54) is 12.1 Å². The van der Waals surface area contributed by atoms with Gasteiger partial charge in [0.1, 0.15) is 0 Å². The van der Waals surface area contributed by atoms with Gasteiger partial charge in [0, 0.05) is 23.3 Å². The van der Waals surface area contributed by atoms with Crippen LogP contribution in [0.25, 0.3) is 33.5 Å². The van der Waals surface area contributed by atoms with Crippen LogP contribution in [0.4, 0.5) is 5.69 Å². The summed E-state index contributed by atoms with van der Waals surface area (Å²) in [6.07, 6.45) is 0. The Morgan fingerprint density at radius 3 is 1.72 bits per heavy atom. The van der Waals surface area contributed by atoms with E-state index in [4.69, 9.17) is 9.97 Å². The number of nitro benzene ring substituents is 1. The van der Waals surface area contributed by atoms with E-state index in [1.54, 1.807) is 6.07 Å². The van der Waals surface area contributed by atoms with E-state index in [2.05, 4.69) is 0 Å². The fourth-order valence-electron chi connectivity index (χ4n) is 2.75. The van der Waals surface area contributed by atoms with Crippen molar-refractivity contribution in [2.75, 3.05) is 0 Å². The second-order valence-electron chi connectivity index (χ2n) is 5.58. The van der Waals surface area contributed by atoms with Gasteiger partial charge in [0.15, 0.2) is 0 Å². The SMILES string of the molecule is O=[N+]([O-])c1ccc2nc(-c3ccccc3)c(-c3ccccc3)nc2c1. The Kier molecular flexibility index (Phi) is 3.67. The number of fused-ring (bicyclic) bond motifs is 1. The monoisotopic (exact) mass is 327 g/mol. The summed E-state index contributed by atoms with van der Waals surface area (Å²) in [6, 6.07) is 24.1. The standard InChI is InChI=1S/C20H13N3O2/c24-23(25)16-11-12-17-18(13-16)22-20(15-9-5-2-6-10-15)19(21-17)14-7-3-1-4-8-14/h1-13H. The number of aromatic nitrogens is 2. The van der Waals surface area contributed by atoms with Crippen molar-refractivity contribution in [3.05, 3.63) is 89.0 Å². The summed E-state index contributed by atoms with van der Waals surface area (Å²) in [5.41, 5.74) is 4.48. The van der Waals surface area contributed by atoms with E-state index in [1.807, 2.05) is 60.7 Å². The summed E-state index contributed by atoms with van der Waals surface area (Å²) in [4.78, 5) is 20.1. The van der Waals surface area contributed by atoms with E-state index in [0.717, 1.165) is 16.8 Å². The van der Waals surface area contributed by atoms with E-state index >= 15 is 0 Å². The summed E-state index contributed by atoms with van der Waals surface area (Å²) in [5.74, 6) is 0. The highest BCUT2D eigenvalue weighted by molar-refractivity contribution is 5.87. The van der Waals surface area contributed by atoms with Crippen molar-refractivity contribution in [3.63, 3.8) is 0 Å². The Balaban J connectivity index is 2.02. The van der Waals surface area contributed by atoms with Gasteiger partial charge in [0.25, 0.3) is 5.69 Å². The molecule has 0 saturated carbocycles. The van der Waals surface area contributed by atoms with Crippen LogP contribution in [0.5, 0.6) is 0 Å². The summed E-state index contributed by atoms with van der Waals surface area (Å²) >= 11 is 0. The van der Waals surface area contributed by atoms with Crippen LogP contribution in [-0.2, 0) is 0 Å². The van der Waals surface area contributed by atoms with Crippen molar-refractivity contribution in [3.8, 4) is 22.5 Å². The third kappa shape index (κ3) is 2.83. The fraction of sp³-hybridized carbons (Fsp3) is 0. The maximum atomic E-state index is 11.0. The molecule has 4 aromatic rings. The smallest absolute Gasteiger partial charge is 0.258 e. The van der Waals surface area contributed by atoms with Crippen LogP contribution in [0.15, 0.2) is 78.9 Å². The van der Waals surface area contributed by atoms with Gasteiger partial charge in [-0.15, -0.1) is 0 Å². The van der Waals surface area contributed by atoms with E-state index in [9.17, 15) is 10.1 Å². The van der Waals surface area contributed by atoms with Gasteiger partial charge in [-0.05, 0) is 6.07 Å². The molecule has 25 heavy (non-hydrogen) atoms. The van der Waals surface area contributed by atoms with Gasteiger partial charge < -0.3 is 0 Å². The van der Waals surface area contributed by atoms with Crippen LogP contribution in [0, 0.1) is 10.1 Å². The first kappa shape index (κ1) is 15.0. The van der Waals surface area contributed by atoms with E-state index < -0.39 is 4.92 Å². The Bertz CT molecular complexity index is 1060. The highest BCUT2D eigenvalue weighted by atomic mass is 16.6. The largest absolute Gasteiger partial charge is 0.271 e. The van der Waals surface area contributed by atoms with Crippen molar-refractivity contribution < 1.29 is 4.92 Å². The zero-order valence-electron chi connectivity index (χ0n) is 13.2. The second-order valence-corrected chi connectivity index (χ2v) is 5.58. The molecule has 0 aliphatic heterocycles. The molecule has 5 nitrogen and oxygen atoms in total. The quantitative estimate of drug-likeness (QED) is 0.397. The normalized spacial score (nSPS) is 10.7. The lowest BCUT2D eigenvalue weighted by Gasteiger charge is -2.10. The summed E-state index contributed by atoms with van der Waals surface area (Å²) in [6.45, 7) is 0. The molecule has 0 radical (unpaired) electrons. The maximum absolute atomic E-state index is 11.0. The predicted molar refractivity (Wildman–Crippen MR) is 97.1 cm³/mol. The predicted octanol–water partition coefficient (Wildman–Crippen LogP) is 4.87. The van der Waals surface area contributed by atoms with Crippen LogP contribution >= 0.6 is 0 Å². The Morgan fingerprint density at radius 2 is 1.20 bits per heavy atom. The van der Waals surface area contributed by atoms with Crippen molar-refractivity contribution in [1.82, 2.24) is 9.97 Å². The van der Waals surface area contributed by atoms with Crippen molar-refractivity contribution >= 4 is 16.7 Å². The molecule has 5 heteroatoms. The topological polar surface area (TPSA) is 68.9 Å². The van der Waals surface area contributed by atoms with Crippen LogP contribution in [0.1, 0.15) is 0 Å². The molecule has 0 bridgehead atoms. The number of nitro groups is 1. The molecule has 0 amide bonds. The molecule has 0 atom stereocenters. The molecule has 0 aliphatic carbocycles. The summed E-state index contributed by atoms with van der Waals surface area (Å²) in [5, 5.41) is 11.0. The summed E-state index contributed by atoms with van der Waals surface area (Å²) in [7, 11) is 0. The number of hydrogen-bond donors (Lipinski definition) is 0. The minimum Gasteiger partial charge on any atom is -0.258 e. The molecular formula is C20H13N3O2. The molecule has 0 fully saturated rings. The lowest BCUT2D eigenvalue weighted by atomic mass is 10.0. The number of non-ortho nitro benzene ring substituents is 1. The molecular weight excluding hydrogens is 314 g/mol. The van der Waals surface area contributed by atoms with Gasteiger partial charge in [-0.1, -0.05) is 60.7 Å². The first-order valence-corrected chi connectivity index (χ1v) is 7.79. The van der Waals surface area contributed by atoms with Gasteiger partial charge in [-0.3, -0.25) is 10.1 Å². The molecule has 4 rings (SSSR count). The second kappa shape index (κ2) is 6.13. The van der Waals surface area contributed by atoms with Gasteiger partial charge in [0.05, 0.1) is 27.3 Å². The average molecular weight is 327 g/mol. The van der Waals surface area contributed by atoms with Crippen LogP contribution in [0.2, 0.25) is 0 Å². The molecule has 0 N–H and O–H groups in total. The van der Waals surface area contributed by atoms with Crippen LogP contribution in [-0.4, -0.2) is 14.9 Å². The lowest BCUT2D eigenvalue weighted by Crippen LogP contribution is -1.96. The molecule has 3 aromatic carbocycles. The zero-order chi connectivity index (χ0) is 17.2. The minimum atomic E-state index is -0.422. The number of nitrogens with zero attached hydrogens (tertiary/aromatic N) is 3. The van der Waals surface area contributed by atoms with Gasteiger partial charge in [0.2, 0.25) is 0 Å². The third-order valence-corrected chi connectivity index (χ3v) is 3.95. The fourth-order valence-corrected chi connectivity index (χ4v) is 2.75. The first-order valence-electron chi connectivity index (χ1n) is 7.79. The molecule has 1 aromatic heterocycles. The number of benzene rings is 3. The average Bonchev–Trinajstić information content (AvgIpc) is 2.68. The number of hydrogen-bond acceptors (Lipinski definition) is 4. The number of rotatable bonds is 3. The van der Waals surface area contributed by atoms with Gasteiger partial charge >= 0.3 is 0 Å². The highest BCUT2D eigenvalue weighted by Crippen LogP contribution is 2.31. The van der Waals surface area contributed by atoms with Crippen molar-refractivity contribution in [2.24, 2.45) is 0 Å². The Labute approximate surface area is 143 Å². The Morgan fingerprint density at radius 1 is 0.680 bits per heavy atom. The van der Waals surface area contributed by atoms with E-state index in [0.29, 0.717) is 16.7 Å². The van der Waals surface area contributed by atoms with Crippen molar-refractivity contribution in [2.45, 2.75) is 0 Å². The lowest BCUT2D eigenvalue weighted by molar-refractivity contribution is -0.384. The van der Waals surface area contributed by atoms with E-state index in [-0.39, 0.29) is 5.69 Å². The zero-order valence-corrected chi connectivity index (χ0v) is 13.2. The van der Waals surface area contributed by atoms with Gasteiger partial charge in [-0.2, -0.15) is 0 Å². The highest BCUT2D eigenvalue weighted by Gasteiger charge is 2.15. The molecule has 0 spiro atoms.